The Morgan fingerprint density at radius 1 is 1.00 bits per heavy atom. The van der Waals surface area contributed by atoms with Crippen LogP contribution in [0, 0.1) is 0 Å². The van der Waals surface area contributed by atoms with Crippen LogP contribution in [0.5, 0.6) is 11.5 Å². The molecular formula is C24H18BrNO3. The van der Waals surface area contributed by atoms with E-state index in [1.54, 1.807) is 12.1 Å². The van der Waals surface area contributed by atoms with Crippen molar-refractivity contribution in [3.05, 3.63) is 99.2 Å². The molecule has 0 fully saturated rings. The molecule has 0 saturated heterocycles. The summed E-state index contributed by atoms with van der Waals surface area (Å²) in [5, 5.41) is 0. The van der Waals surface area contributed by atoms with Crippen LogP contribution in [0.2, 0.25) is 0 Å². The summed E-state index contributed by atoms with van der Waals surface area (Å²) < 4.78 is 12.9. The van der Waals surface area contributed by atoms with Gasteiger partial charge in [0.15, 0.2) is 5.76 Å². The molecule has 2 aliphatic heterocycles. The number of carbonyl (C=O) groups is 1. The van der Waals surface area contributed by atoms with E-state index in [9.17, 15) is 4.79 Å². The summed E-state index contributed by atoms with van der Waals surface area (Å²) in [7, 11) is 0. The fourth-order valence-electron chi connectivity index (χ4n) is 3.68. The molecule has 29 heavy (non-hydrogen) atoms. The quantitative estimate of drug-likeness (QED) is 0.502. The van der Waals surface area contributed by atoms with Crippen molar-refractivity contribution in [3.8, 4) is 11.5 Å². The van der Waals surface area contributed by atoms with Crippen molar-refractivity contribution in [1.82, 2.24) is 4.90 Å². The van der Waals surface area contributed by atoms with Gasteiger partial charge in [-0.05, 0) is 35.4 Å². The fourth-order valence-corrected chi connectivity index (χ4v) is 4.08. The summed E-state index contributed by atoms with van der Waals surface area (Å²) in [6.07, 6.45) is 1.78. The third-order valence-electron chi connectivity index (χ3n) is 5.12. The summed E-state index contributed by atoms with van der Waals surface area (Å²) in [5.74, 6) is 1.63. The third kappa shape index (κ3) is 3.48. The molecule has 0 saturated carbocycles. The topological polar surface area (TPSA) is 38.8 Å². The number of nitrogens with zero attached hydrogens (tertiary/aromatic N) is 1. The highest BCUT2D eigenvalue weighted by Crippen LogP contribution is 2.42. The zero-order valence-corrected chi connectivity index (χ0v) is 17.2. The molecule has 144 valence electrons. The third-order valence-corrected chi connectivity index (χ3v) is 5.85. The number of benzene rings is 3. The van der Waals surface area contributed by atoms with Crippen molar-refractivity contribution >= 4 is 27.8 Å². The van der Waals surface area contributed by atoms with E-state index in [4.69, 9.17) is 9.47 Å². The van der Waals surface area contributed by atoms with Crippen molar-refractivity contribution in [2.24, 2.45) is 0 Å². The van der Waals surface area contributed by atoms with Crippen LogP contribution >= 0.6 is 15.9 Å². The van der Waals surface area contributed by atoms with Gasteiger partial charge in [-0.15, -0.1) is 0 Å². The average Bonchev–Trinajstić information content (AvgIpc) is 3.06. The number of allylic oxidation sites excluding steroid dienone is 1. The number of hydrogen-bond acceptors (Lipinski definition) is 4. The maximum Gasteiger partial charge on any atom is 0.231 e. The number of rotatable bonds is 3. The van der Waals surface area contributed by atoms with Gasteiger partial charge < -0.3 is 9.47 Å². The van der Waals surface area contributed by atoms with Crippen molar-refractivity contribution in [1.29, 1.82) is 0 Å². The molecule has 5 rings (SSSR count). The molecule has 3 aromatic carbocycles. The van der Waals surface area contributed by atoms with Crippen molar-refractivity contribution in [2.45, 2.75) is 13.1 Å². The summed E-state index contributed by atoms with van der Waals surface area (Å²) >= 11 is 3.52. The van der Waals surface area contributed by atoms with Gasteiger partial charge in [0.1, 0.15) is 18.2 Å². The Balaban J connectivity index is 1.45. The molecule has 5 heteroatoms. The van der Waals surface area contributed by atoms with Crippen LogP contribution in [0.1, 0.15) is 27.0 Å². The molecule has 0 amide bonds. The molecule has 0 aromatic heterocycles. The highest BCUT2D eigenvalue weighted by atomic mass is 79.9. The van der Waals surface area contributed by atoms with Gasteiger partial charge in [-0.1, -0.05) is 64.5 Å². The van der Waals surface area contributed by atoms with Crippen LogP contribution in [0.15, 0.2) is 77.0 Å². The first kappa shape index (κ1) is 18.2. The highest BCUT2D eigenvalue weighted by Gasteiger charge is 2.33. The molecule has 0 unspecified atom stereocenters. The van der Waals surface area contributed by atoms with E-state index in [2.05, 4.69) is 33.0 Å². The number of Topliss-reactive ketones (excluding diaryl/α,β-unsaturated/α-hetero) is 1. The predicted octanol–water partition coefficient (Wildman–Crippen LogP) is 5.42. The van der Waals surface area contributed by atoms with Crippen molar-refractivity contribution in [2.75, 3.05) is 6.73 Å². The Bertz CT molecular complexity index is 1120. The summed E-state index contributed by atoms with van der Waals surface area (Å²) in [6.45, 7) is 1.95. The lowest BCUT2D eigenvalue weighted by Crippen LogP contribution is -2.31. The van der Waals surface area contributed by atoms with Gasteiger partial charge in [-0.2, -0.15) is 0 Å². The minimum Gasteiger partial charge on any atom is -0.478 e. The summed E-state index contributed by atoms with van der Waals surface area (Å²) in [6, 6.07) is 21.7. The monoisotopic (exact) mass is 447 g/mol. The Labute approximate surface area is 177 Å². The standard InChI is InChI=1S/C24H18BrNO3/c25-20-9-5-4-8-17(20)12-22-23(27)18-10-11-21-19(24(18)29-22)14-26(15-28-21)13-16-6-2-1-3-7-16/h1-12H,13-15H2/b22-12-. The normalized spacial score (nSPS) is 16.9. The molecule has 0 aliphatic carbocycles. The van der Waals surface area contributed by atoms with E-state index in [0.29, 0.717) is 30.3 Å². The molecule has 0 spiro atoms. The lowest BCUT2D eigenvalue weighted by Gasteiger charge is -2.29. The molecule has 0 bridgehead atoms. The second-order valence-electron chi connectivity index (χ2n) is 7.13. The maximum atomic E-state index is 12.9. The Kier molecular flexibility index (Phi) is 4.70. The predicted molar refractivity (Wildman–Crippen MR) is 115 cm³/mol. The van der Waals surface area contributed by atoms with Crippen LogP contribution in [0.3, 0.4) is 0 Å². The lowest BCUT2D eigenvalue weighted by atomic mass is 10.0. The Morgan fingerprint density at radius 2 is 1.79 bits per heavy atom. The van der Waals surface area contributed by atoms with Crippen LogP contribution in [-0.4, -0.2) is 17.4 Å². The first-order chi connectivity index (χ1) is 14.2. The highest BCUT2D eigenvalue weighted by molar-refractivity contribution is 9.10. The number of ether oxygens (including phenoxy) is 2. The van der Waals surface area contributed by atoms with Crippen molar-refractivity contribution in [3.63, 3.8) is 0 Å². The Hall–Kier alpha value is -2.89. The summed E-state index contributed by atoms with van der Waals surface area (Å²) in [4.78, 5) is 15.1. The Morgan fingerprint density at radius 3 is 2.62 bits per heavy atom. The maximum absolute atomic E-state index is 12.9. The molecule has 3 aromatic rings. The SMILES string of the molecule is O=C1/C(=C/c2ccccc2Br)Oc2c1ccc1c2CN(Cc2ccccc2)CO1. The lowest BCUT2D eigenvalue weighted by molar-refractivity contribution is 0.0873. The average molecular weight is 448 g/mol. The van der Waals surface area contributed by atoms with Gasteiger partial charge in [-0.25, -0.2) is 0 Å². The first-order valence-electron chi connectivity index (χ1n) is 9.43. The fraction of sp³-hybridized carbons (Fsp3) is 0.125. The summed E-state index contributed by atoms with van der Waals surface area (Å²) in [5.41, 5.74) is 3.64. The number of halogens is 1. The van der Waals surface area contributed by atoms with Crippen LogP contribution in [-0.2, 0) is 13.1 Å². The van der Waals surface area contributed by atoms with Gasteiger partial charge in [0.05, 0.1) is 11.1 Å². The van der Waals surface area contributed by atoms with E-state index in [1.165, 1.54) is 5.56 Å². The zero-order chi connectivity index (χ0) is 19.8. The van der Waals surface area contributed by atoms with E-state index in [0.717, 1.165) is 27.9 Å². The van der Waals surface area contributed by atoms with Gasteiger partial charge in [-0.3, -0.25) is 9.69 Å². The second kappa shape index (κ2) is 7.50. The zero-order valence-electron chi connectivity index (χ0n) is 15.6. The number of fused-ring (bicyclic) bond motifs is 3. The first-order valence-corrected chi connectivity index (χ1v) is 10.2. The number of carbonyl (C=O) groups excluding carboxylic acids is 1. The minimum absolute atomic E-state index is 0.0984. The van der Waals surface area contributed by atoms with Gasteiger partial charge in [0.25, 0.3) is 0 Å². The smallest absolute Gasteiger partial charge is 0.231 e. The molecule has 2 aliphatic rings. The minimum atomic E-state index is -0.0984. The molecule has 2 heterocycles. The van der Waals surface area contributed by atoms with E-state index in [-0.39, 0.29) is 5.78 Å². The second-order valence-corrected chi connectivity index (χ2v) is 7.98. The molecule has 0 radical (unpaired) electrons. The molecule has 0 atom stereocenters. The number of hydrogen-bond donors (Lipinski definition) is 0. The van der Waals surface area contributed by atoms with E-state index < -0.39 is 0 Å². The van der Waals surface area contributed by atoms with Crippen molar-refractivity contribution < 1.29 is 14.3 Å². The molecule has 4 nitrogen and oxygen atoms in total. The molecular weight excluding hydrogens is 430 g/mol. The van der Waals surface area contributed by atoms with Gasteiger partial charge in [0, 0.05) is 17.6 Å². The van der Waals surface area contributed by atoms with E-state index in [1.807, 2.05) is 48.5 Å². The largest absolute Gasteiger partial charge is 0.478 e. The van der Waals surface area contributed by atoms with Gasteiger partial charge >= 0.3 is 0 Å². The van der Waals surface area contributed by atoms with Crippen LogP contribution in [0.4, 0.5) is 0 Å². The number of ketones is 1. The van der Waals surface area contributed by atoms with E-state index >= 15 is 0 Å². The van der Waals surface area contributed by atoms with Gasteiger partial charge in [0.2, 0.25) is 5.78 Å². The molecule has 0 N–H and O–H groups in total. The van der Waals surface area contributed by atoms with Crippen LogP contribution in [0.25, 0.3) is 6.08 Å². The van der Waals surface area contributed by atoms with Crippen LogP contribution < -0.4 is 9.47 Å².